The fourth-order valence-corrected chi connectivity index (χ4v) is 3.62. The van der Waals surface area contributed by atoms with Crippen molar-refractivity contribution in [1.29, 1.82) is 5.26 Å². The van der Waals surface area contributed by atoms with Gasteiger partial charge < -0.3 is 14.7 Å². The molecule has 0 amide bonds. The predicted molar refractivity (Wildman–Crippen MR) is 115 cm³/mol. The molecule has 1 saturated heterocycles. The van der Waals surface area contributed by atoms with Crippen molar-refractivity contribution in [3.63, 3.8) is 0 Å². The highest BCUT2D eigenvalue weighted by Crippen LogP contribution is 2.28. The number of ether oxygens (including phenoxy) is 1. The maximum atomic E-state index is 10.1. The highest BCUT2D eigenvalue weighted by Gasteiger charge is 2.23. The van der Waals surface area contributed by atoms with E-state index in [0.29, 0.717) is 43.6 Å². The number of phenolic OH excluding ortho intramolecular Hbond substituents is 1. The van der Waals surface area contributed by atoms with Crippen LogP contribution in [0.5, 0.6) is 5.75 Å². The second-order valence-electron chi connectivity index (χ2n) is 7.27. The van der Waals surface area contributed by atoms with Crippen LogP contribution >= 0.6 is 0 Å². The number of nitrogens with zero attached hydrogens (tertiary/aromatic N) is 5. The van der Waals surface area contributed by atoms with Crippen LogP contribution in [0.4, 0.5) is 5.95 Å². The summed E-state index contributed by atoms with van der Waals surface area (Å²) in [5.41, 5.74) is 3.64. The number of aromatic hydroxyl groups is 1. The Kier molecular flexibility index (Phi) is 5.50. The van der Waals surface area contributed by atoms with Crippen LogP contribution < -0.4 is 4.90 Å². The van der Waals surface area contributed by atoms with E-state index < -0.39 is 0 Å². The second-order valence-corrected chi connectivity index (χ2v) is 7.27. The Morgan fingerprint density at radius 1 is 1.10 bits per heavy atom. The summed E-state index contributed by atoms with van der Waals surface area (Å²) < 4.78 is 7.39. The van der Waals surface area contributed by atoms with E-state index >= 15 is 0 Å². The number of para-hydroxylation sites is 1. The Labute approximate surface area is 175 Å². The van der Waals surface area contributed by atoms with Gasteiger partial charge in [-0.25, -0.2) is 0 Å². The van der Waals surface area contributed by atoms with Crippen LogP contribution in [0.2, 0.25) is 0 Å². The van der Waals surface area contributed by atoms with Gasteiger partial charge in [-0.1, -0.05) is 18.2 Å². The number of rotatable bonds is 4. The van der Waals surface area contributed by atoms with E-state index in [2.05, 4.69) is 21.2 Å². The molecule has 1 aliphatic rings. The summed E-state index contributed by atoms with van der Waals surface area (Å²) in [5, 5.41) is 28.8. The van der Waals surface area contributed by atoms with Gasteiger partial charge in [-0.2, -0.15) is 5.26 Å². The van der Waals surface area contributed by atoms with Gasteiger partial charge in [0.25, 0.3) is 0 Å². The van der Waals surface area contributed by atoms with Crippen LogP contribution in [0.25, 0.3) is 17.3 Å². The number of aryl methyl sites for hydroxylation is 2. The Morgan fingerprint density at radius 3 is 2.40 bits per heavy atom. The maximum Gasteiger partial charge on any atom is 0.232 e. The van der Waals surface area contributed by atoms with Gasteiger partial charge in [0, 0.05) is 13.1 Å². The third-order valence-electron chi connectivity index (χ3n) is 5.14. The number of morpholine rings is 1. The molecule has 1 fully saturated rings. The molecular formula is C23H23N5O2. The van der Waals surface area contributed by atoms with Crippen molar-refractivity contribution in [3.05, 3.63) is 65.0 Å². The molecule has 7 nitrogen and oxygen atoms in total. The molecule has 1 N–H and O–H groups in total. The van der Waals surface area contributed by atoms with E-state index in [1.54, 1.807) is 6.08 Å². The quantitative estimate of drug-likeness (QED) is 0.674. The molecule has 30 heavy (non-hydrogen) atoms. The van der Waals surface area contributed by atoms with E-state index in [-0.39, 0.29) is 5.75 Å². The summed E-state index contributed by atoms with van der Waals surface area (Å²) in [4.78, 5) is 2.12. The van der Waals surface area contributed by atoms with Crippen LogP contribution in [0.15, 0.2) is 42.5 Å². The molecule has 2 aromatic carbocycles. The average Bonchev–Trinajstić information content (AvgIpc) is 3.22. The number of allylic oxidation sites excluding steroid dienone is 1. The Morgan fingerprint density at radius 2 is 1.77 bits per heavy atom. The molecule has 152 valence electrons. The Balaban J connectivity index is 1.85. The first-order valence-corrected chi connectivity index (χ1v) is 9.84. The summed E-state index contributed by atoms with van der Waals surface area (Å²) in [6.07, 6.45) is 1.78. The van der Waals surface area contributed by atoms with E-state index in [0.717, 1.165) is 22.4 Å². The number of anilines is 1. The highest BCUT2D eigenvalue weighted by molar-refractivity contribution is 5.88. The van der Waals surface area contributed by atoms with Crippen LogP contribution in [0.1, 0.15) is 22.5 Å². The van der Waals surface area contributed by atoms with Gasteiger partial charge in [0.1, 0.15) is 11.8 Å². The van der Waals surface area contributed by atoms with E-state index in [9.17, 15) is 10.4 Å². The van der Waals surface area contributed by atoms with Crippen molar-refractivity contribution in [1.82, 2.24) is 14.8 Å². The predicted octanol–water partition coefficient (Wildman–Crippen LogP) is 3.49. The molecule has 0 radical (unpaired) electrons. The Bertz CT molecular complexity index is 1100. The van der Waals surface area contributed by atoms with Crippen molar-refractivity contribution < 1.29 is 9.84 Å². The molecule has 2 heterocycles. The van der Waals surface area contributed by atoms with E-state index in [4.69, 9.17) is 4.74 Å². The topological polar surface area (TPSA) is 87.2 Å². The third kappa shape index (κ3) is 3.78. The number of nitriles is 1. The fourth-order valence-electron chi connectivity index (χ4n) is 3.62. The zero-order valence-electron chi connectivity index (χ0n) is 17.0. The zero-order valence-corrected chi connectivity index (χ0v) is 17.0. The first kappa shape index (κ1) is 19.7. The molecule has 0 saturated carbocycles. The van der Waals surface area contributed by atoms with E-state index in [1.807, 2.05) is 60.9 Å². The van der Waals surface area contributed by atoms with Crippen molar-refractivity contribution >= 4 is 17.6 Å². The second kappa shape index (κ2) is 8.39. The average molecular weight is 401 g/mol. The molecule has 4 rings (SSSR count). The molecule has 0 bridgehead atoms. The number of benzene rings is 2. The summed E-state index contributed by atoms with van der Waals surface area (Å²) in [6.45, 7) is 6.37. The monoisotopic (exact) mass is 401 g/mol. The molecule has 7 heteroatoms. The number of phenols is 1. The van der Waals surface area contributed by atoms with Gasteiger partial charge in [-0.05, 0) is 60.9 Å². The molecule has 0 aliphatic carbocycles. The van der Waals surface area contributed by atoms with Crippen LogP contribution in [0, 0.1) is 25.2 Å². The van der Waals surface area contributed by atoms with Gasteiger partial charge in [0.05, 0.1) is 24.5 Å². The third-order valence-corrected chi connectivity index (χ3v) is 5.14. The zero-order chi connectivity index (χ0) is 21.1. The van der Waals surface area contributed by atoms with Gasteiger partial charge in [-0.3, -0.25) is 4.57 Å². The smallest absolute Gasteiger partial charge is 0.232 e. The highest BCUT2D eigenvalue weighted by atomic mass is 16.5. The SMILES string of the molecule is Cc1cc(/C=C(\C#N)c2nnc(N3CCOCC3)n2-c2ccccc2)cc(C)c1O. The molecule has 3 aromatic rings. The lowest BCUT2D eigenvalue weighted by molar-refractivity contribution is 0.122. The van der Waals surface area contributed by atoms with Crippen molar-refractivity contribution in [3.8, 4) is 17.5 Å². The largest absolute Gasteiger partial charge is 0.507 e. The van der Waals surface area contributed by atoms with Crippen LogP contribution in [0.3, 0.4) is 0 Å². The lowest BCUT2D eigenvalue weighted by atomic mass is 10.0. The van der Waals surface area contributed by atoms with Crippen molar-refractivity contribution in [2.24, 2.45) is 0 Å². The number of hydrogen-bond acceptors (Lipinski definition) is 6. The first-order chi connectivity index (χ1) is 14.6. The lowest BCUT2D eigenvalue weighted by Crippen LogP contribution is -2.38. The van der Waals surface area contributed by atoms with Crippen LogP contribution in [-0.4, -0.2) is 46.2 Å². The normalized spacial score (nSPS) is 14.6. The summed E-state index contributed by atoms with van der Waals surface area (Å²) in [6, 6.07) is 15.8. The Hall–Kier alpha value is -3.63. The minimum absolute atomic E-state index is 0.271. The van der Waals surface area contributed by atoms with Gasteiger partial charge in [-0.15, -0.1) is 10.2 Å². The lowest BCUT2D eigenvalue weighted by Gasteiger charge is -2.28. The fraction of sp³-hybridized carbons (Fsp3) is 0.261. The molecule has 0 unspecified atom stereocenters. The number of hydrogen-bond donors (Lipinski definition) is 1. The minimum Gasteiger partial charge on any atom is -0.507 e. The summed E-state index contributed by atoms with van der Waals surface area (Å²) >= 11 is 0. The van der Waals surface area contributed by atoms with Crippen molar-refractivity contribution in [2.75, 3.05) is 31.2 Å². The molecule has 0 spiro atoms. The van der Waals surface area contributed by atoms with Gasteiger partial charge in [0.2, 0.25) is 5.95 Å². The molecule has 0 atom stereocenters. The molecule has 1 aliphatic heterocycles. The molecular weight excluding hydrogens is 378 g/mol. The standard InChI is InChI=1S/C23H23N5O2/c1-16-12-18(13-17(2)21(16)29)14-19(15-24)22-25-26-23(27-8-10-30-11-9-27)28(22)20-6-4-3-5-7-20/h3-7,12-14,29H,8-11H2,1-2H3/b19-14+. The minimum atomic E-state index is 0.271. The summed E-state index contributed by atoms with van der Waals surface area (Å²) in [5.74, 6) is 1.44. The van der Waals surface area contributed by atoms with E-state index in [1.165, 1.54) is 0 Å². The van der Waals surface area contributed by atoms with Gasteiger partial charge >= 0.3 is 0 Å². The van der Waals surface area contributed by atoms with Gasteiger partial charge in [0.15, 0.2) is 5.82 Å². The maximum absolute atomic E-state index is 10.1. The summed E-state index contributed by atoms with van der Waals surface area (Å²) in [7, 11) is 0. The van der Waals surface area contributed by atoms with Crippen LogP contribution in [-0.2, 0) is 4.74 Å². The van der Waals surface area contributed by atoms with Crippen molar-refractivity contribution in [2.45, 2.75) is 13.8 Å². The first-order valence-electron chi connectivity index (χ1n) is 9.84. The number of aromatic nitrogens is 3. The molecule has 1 aromatic heterocycles.